The Morgan fingerprint density at radius 1 is 1.06 bits per heavy atom. The summed E-state index contributed by atoms with van der Waals surface area (Å²) in [5.74, 6) is -1.33. The van der Waals surface area contributed by atoms with E-state index in [1.54, 1.807) is 13.1 Å². The largest absolute Gasteiger partial charge is 0.379 e. The maximum atomic E-state index is 13.8. The number of aryl methyl sites for hydroxylation is 1. The second kappa shape index (κ2) is 11.2. The molecule has 0 spiro atoms. The van der Waals surface area contributed by atoms with E-state index in [1.807, 2.05) is 23.1 Å². The molecule has 1 aliphatic carbocycles. The van der Waals surface area contributed by atoms with Gasteiger partial charge in [-0.25, -0.2) is 28.7 Å². The van der Waals surface area contributed by atoms with E-state index in [2.05, 4.69) is 32.0 Å². The molecule has 0 N–H and O–H groups in total. The number of rotatable bonds is 2. The average Bonchev–Trinajstić information content (AvgIpc) is 3.54. The minimum absolute atomic E-state index is 0.173. The molecule has 2 aliphatic rings. The van der Waals surface area contributed by atoms with Crippen LogP contribution in [0.15, 0.2) is 49.2 Å². The third-order valence-electron chi connectivity index (χ3n) is 5.51. The number of aromatic nitrogens is 6. The monoisotopic (exact) mass is 466 g/mol. The van der Waals surface area contributed by atoms with Crippen LogP contribution in [0.3, 0.4) is 0 Å². The maximum Gasteiger partial charge on any atom is 0.182 e. The van der Waals surface area contributed by atoms with Crippen LogP contribution in [0.25, 0.3) is 22.4 Å². The molecule has 6 rings (SSSR count). The lowest BCUT2D eigenvalue weighted by atomic mass is 10.1. The number of halogens is 2. The first-order chi connectivity index (χ1) is 16.5. The number of fused-ring (bicyclic) bond motifs is 1. The van der Waals surface area contributed by atoms with Crippen LogP contribution in [0.4, 0.5) is 8.78 Å². The summed E-state index contributed by atoms with van der Waals surface area (Å²) in [4.78, 5) is 16.4. The van der Waals surface area contributed by atoms with E-state index in [9.17, 15) is 8.78 Å². The molecule has 0 bridgehead atoms. The molecule has 0 amide bonds. The molecule has 1 aromatic carbocycles. The zero-order valence-electron chi connectivity index (χ0n) is 19.4. The Kier molecular flexibility index (Phi) is 7.84. The minimum atomic E-state index is -0.692. The van der Waals surface area contributed by atoms with Gasteiger partial charge in [-0.2, -0.15) is 5.10 Å². The molecule has 2 fully saturated rings. The Bertz CT molecular complexity index is 1210. The Balaban J connectivity index is 0.000000148. The van der Waals surface area contributed by atoms with E-state index in [1.165, 1.54) is 50.6 Å². The van der Waals surface area contributed by atoms with Crippen molar-refractivity contribution in [3.05, 3.63) is 66.5 Å². The van der Waals surface area contributed by atoms with Crippen molar-refractivity contribution in [1.82, 2.24) is 29.7 Å². The highest BCUT2D eigenvalue weighted by Crippen LogP contribution is 2.33. The van der Waals surface area contributed by atoms with Gasteiger partial charge in [0.05, 0.1) is 17.8 Å². The quantitative estimate of drug-likeness (QED) is 0.390. The Morgan fingerprint density at radius 3 is 2.53 bits per heavy atom. The standard InChI is InChI=1S/C13H8F2N4.C6H8N2.C6H12O/c1-7-5-16-12-11(17-6-18-13(12)19-7)9-3-2-8(14)4-10(9)15;1-4-7-8(5-1)6-2-3-6;1-6-4-2-3-5-7-6/h2-6H,1H3;1,4-6H,2-3H2;6H,2-5H2,1H3. The maximum absolute atomic E-state index is 13.8. The summed E-state index contributed by atoms with van der Waals surface area (Å²) in [7, 11) is 0. The molecule has 34 heavy (non-hydrogen) atoms. The highest BCUT2D eigenvalue weighted by molar-refractivity contribution is 5.86. The van der Waals surface area contributed by atoms with Crippen LogP contribution in [0.2, 0.25) is 0 Å². The zero-order chi connectivity index (χ0) is 23.9. The van der Waals surface area contributed by atoms with Gasteiger partial charge in [0, 0.05) is 36.8 Å². The van der Waals surface area contributed by atoms with Crippen LogP contribution in [-0.4, -0.2) is 42.4 Å². The van der Waals surface area contributed by atoms with Crippen molar-refractivity contribution < 1.29 is 13.5 Å². The van der Waals surface area contributed by atoms with Crippen LogP contribution in [0, 0.1) is 18.6 Å². The van der Waals surface area contributed by atoms with Gasteiger partial charge in [0.25, 0.3) is 0 Å². The zero-order valence-corrected chi connectivity index (χ0v) is 19.4. The molecule has 4 aromatic rings. The smallest absolute Gasteiger partial charge is 0.182 e. The van der Waals surface area contributed by atoms with E-state index in [0.29, 0.717) is 28.7 Å². The molecule has 1 aliphatic heterocycles. The van der Waals surface area contributed by atoms with Gasteiger partial charge in [0.1, 0.15) is 29.2 Å². The molecule has 1 unspecified atom stereocenters. The average molecular weight is 467 g/mol. The fourth-order valence-electron chi connectivity index (χ4n) is 3.54. The van der Waals surface area contributed by atoms with Gasteiger partial charge >= 0.3 is 0 Å². The molecule has 4 heterocycles. The van der Waals surface area contributed by atoms with Gasteiger partial charge < -0.3 is 4.74 Å². The van der Waals surface area contributed by atoms with E-state index in [-0.39, 0.29) is 5.56 Å². The summed E-state index contributed by atoms with van der Waals surface area (Å²) >= 11 is 0. The van der Waals surface area contributed by atoms with Crippen molar-refractivity contribution in [2.45, 2.75) is 58.1 Å². The summed E-state index contributed by atoms with van der Waals surface area (Å²) in [6.45, 7) is 4.91. The summed E-state index contributed by atoms with van der Waals surface area (Å²) in [5.41, 5.74) is 1.95. The van der Waals surface area contributed by atoms with Crippen molar-refractivity contribution in [1.29, 1.82) is 0 Å². The summed E-state index contributed by atoms with van der Waals surface area (Å²) in [6, 6.07) is 6.02. The van der Waals surface area contributed by atoms with Crippen LogP contribution >= 0.6 is 0 Å². The first kappa shape index (κ1) is 23.8. The van der Waals surface area contributed by atoms with Gasteiger partial charge in [-0.05, 0) is 64.2 Å². The van der Waals surface area contributed by atoms with E-state index in [0.717, 1.165) is 18.7 Å². The lowest BCUT2D eigenvalue weighted by Gasteiger charge is -2.17. The molecule has 3 aromatic heterocycles. The molecule has 1 atom stereocenters. The lowest BCUT2D eigenvalue weighted by Crippen LogP contribution is -2.14. The van der Waals surface area contributed by atoms with Crippen molar-refractivity contribution >= 4 is 11.2 Å². The predicted molar refractivity (Wildman–Crippen MR) is 125 cm³/mol. The topological polar surface area (TPSA) is 78.6 Å². The number of benzene rings is 1. The van der Waals surface area contributed by atoms with Crippen molar-refractivity contribution in [2.24, 2.45) is 0 Å². The highest BCUT2D eigenvalue weighted by Gasteiger charge is 2.23. The van der Waals surface area contributed by atoms with Gasteiger partial charge in [-0.15, -0.1) is 0 Å². The first-order valence-electron chi connectivity index (χ1n) is 11.5. The molecule has 1 saturated carbocycles. The molecule has 0 radical (unpaired) electrons. The summed E-state index contributed by atoms with van der Waals surface area (Å²) in [5, 5.41) is 4.09. The third-order valence-corrected chi connectivity index (χ3v) is 5.51. The van der Waals surface area contributed by atoms with Crippen LogP contribution in [-0.2, 0) is 4.74 Å². The molecular formula is C25H28F2N6O. The highest BCUT2D eigenvalue weighted by atomic mass is 19.1. The Labute approximate surface area is 197 Å². The minimum Gasteiger partial charge on any atom is -0.379 e. The van der Waals surface area contributed by atoms with E-state index < -0.39 is 11.6 Å². The van der Waals surface area contributed by atoms with Crippen molar-refractivity contribution in [3.8, 4) is 11.3 Å². The molecule has 9 heteroatoms. The fraction of sp³-hybridized carbons (Fsp3) is 0.400. The van der Waals surface area contributed by atoms with Crippen LogP contribution in [0.1, 0.15) is 50.8 Å². The third kappa shape index (κ3) is 6.38. The summed E-state index contributed by atoms with van der Waals surface area (Å²) in [6.07, 6.45) is 13.8. The van der Waals surface area contributed by atoms with Gasteiger partial charge in [-0.3, -0.25) is 4.68 Å². The van der Waals surface area contributed by atoms with Crippen LogP contribution in [0.5, 0.6) is 0 Å². The summed E-state index contributed by atoms with van der Waals surface area (Å²) < 4.78 is 34.0. The number of ether oxygens (including phenoxy) is 1. The molecule has 7 nitrogen and oxygen atoms in total. The lowest BCUT2D eigenvalue weighted by molar-refractivity contribution is 0.0285. The van der Waals surface area contributed by atoms with Crippen LogP contribution < -0.4 is 0 Å². The van der Waals surface area contributed by atoms with Crippen molar-refractivity contribution in [2.75, 3.05) is 6.61 Å². The van der Waals surface area contributed by atoms with E-state index in [4.69, 9.17) is 4.74 Å². The van der Waals surface area contributed by atoms with Gasteiger partial charge in [0.2, 0.25) is 0 Å². The predicted octanol–water partition coefficient (Wildman–Crippen LogP) is 5.47. The normalized spacial score (nSPS) is 17.4. The number of hydrogen-bond donors (Lipinski definition) is 0. The number of nitrogens with zero attached hydrogens (tertiary/aromatic N) is 6. The molecule has 178 valence electrons. The first-order valence-corrected chi connectivity index (χ1v) is 11.5. The fourth-order valence-corrected chi connectivity index (χ4v) is 3.54. The SMILES string of the molecule is CC1CCCCO1.Cc1cnc2c(-c3ccc(F)cc3F)ncnc2n1.c1cnn(C2CC2)c1. The van der Waals surface area contributed by atoms with E-state index >= 15 is 0 Å². The Hall–Kier alpha value is -3.33. The van der Waals surface area contributed by atoms with Gasteiger partial charge in [-0.1, -0.05) is 0 Å². The van der Waals surface area contributed by atoms with Gasteiger partial charge in [0.15, 0.2) is 5.65 Å². The molecular weight excluding hydrogens is 438 g/mol. The van der Waals surface area contributed by atoms with Crippen molar-refractivity contribution in [3.63, 3.8) is 0 Å². The molecule has 1 saturated heterocycles. The number of hydrogen-bond acceptors (Lipinski definition) is 6. The second-order valence-electron chi connectivity index (χ2n) is 8.42. The second-order valence-corrected chi connectivity index (χ2v) is 8.42. The Morgan fingerprint density at radius 2 is 1.91 bits per heavy atom.